The van der Waals surface area contributed by atoms with Gasteiger partial charge >= 0.3 is 0 Å². The number of nitrogens with two attached hydrogens (primary N) is 1. The van der Waals surface area contributed by atoms with Crippen LogP contribution >= 0.6 is 0 Å². The number of fused-ring (bicyclic) bond motifs is 2. The zero-order chi connectivity index (χ0) is 11.8. The molecule has 2 aliphatic heterocycles. The molecule has 92 valence electrons. The zero-order valence-electron chi connectivity index (χ0n) is 9.73. The number of morpholine rings is 1. The first kappa shape index (κ1) is 11.0. The van der Waals surface area contributed by atoms with E-state index in [9.17, 15) is 4.39 Å². The van der Waals surface area contributed by atoms with Crippen LogP contribution in [0.2, 0.25) is 0 Å². The number of benzene rings is 1. The van der Waals surface area contributed by atoms with E-state index >= 15 is 0 Å². The fourth-order valence-corrected chi connectivity index (χ4v) is 2.76. The van der Waals surface area contributed by atoms with E-state index in [1.54, 1.807) is 6.07 Å². The van der Waals surface area contributed by atoms with E-state index in [1.807, 2.05) is 6.07 Å². The molecule has 2 unspecified atom stereocenters. The summed E-state index contributed by atoms with van der Waals surface area (Å²) in [6, 6.07) is 5.07. The van der Waals surface area contributed by atoms with Crippen LogP contribution < -0.4 is 10.6 Å². The number of anilines is 1. The molecule has 1 aromatic carbocycles. The minimum absolute atomic E-state index is 0.207. The minimum Gasteiger partial charge on any atom is -0.371 e. The van der Waals surface area contributed by atoms with Gasteiger partial charge in [0.1, 0.15) is 5.82 Å². The molecule has 2 saturated heterocycles. The average molecular weight is 236 g/mol. The summed E-state index contributed by atoms with van der Waals surface area (Å²) >= 11 is 0. The van der Waals surface area contributed by atoms with E-state index in [4.69, 9.17) is 10.5 Å². The summed E-state index contributed by atoms with van der Waals surface area (Å²) in [5.74, 6) is -0.207. The van der Waals surface area contributed by atoms with Crippen LogP contribution in [0, 0.1) is 5.82 Å². The fraction of sp³-hybridized carbons (Fsp3) is 0.538. The third-order valence-electron chi connectivity index (χ3n) is 3.59. The van der Waals surface area contributed by atoms with Crippen LogP contribution in [0.25, 0.3) is 0 Å². The maximum atomic E-state index is 13.5. The Hall–Kier alpha value is -1.13. The first-order valence-electron chi connectivity index (χ1n) is 6.14. The molecule has 2 heterocycles. The van der Waals surface area contributed by atoms with Crippen LogP contribution in [-0.2, 0) is 11.3 Å². The fourth-order valence-electron chi connectivity index (χ4n) is 2.76. The van der Waals surface area contributed by atoms with Crippen LogP contribution in [0.1, 0.15) is 18.4 Å². The molecule has 2 aliphatic rings. The molecule has 1 aromatic rings. The number of rotatable bonds is 2. The van der Waals surface area contributed by atoms with Crippen molar-refractivity contribution < 1.29 is 9.13 Å². The maximum absolute atomic E-state index is 13.5. The molecule has 3 rings (SSSR count). The Balaban J connectivity index is 1.86. The SMILES string of the molecule is NCc1cc(F)cc(N2CC3CCC(C2)O3)c1. The Kier molecular flexibility index (Phi) is 2.76. The van der Waals surface area contributed by atoms with Gasteiger partial charge in [0, 0.05) is 25.3 Å². The number of nitrogens with zero attached hydrogens (tertiary/aromatic N) is 1. The molecule has 0 radical (unpaired) electrons. The lowest BCUT2D eigenvalue weighted by Gasteiger charge is -2.34. The molecule has 0 spiro atoms. The molecular weight excluding hydrogens is 219 g/mol. The van der Waals surface area contributed by atoms with Crippen molar-refractivity contribution in [3.8, 4) is 0 Å². The largest absolute Gasteiger partial charge is 0.371 e. The van der Waals surface area contributed by atoms with Crippen LogP contribution in [0.3, 0.4) is 0 Å². The van der Waals surface area contributed by atoms with Gasteiger partial charge in [0.2, 0.25) is 0 Å². The standard InChI is InChI=1S/C13H17FN2O/c14-10-3-9(6-15)4-11(5-10)16-7-12-1-2-13(8-16)17-12/h3-5,12-13H,1-2,6-8,15H2. The first-order chi connectivity index (χ1) is 8.24. The normalized spacial score (nSPS) is 27.5. The number of ether oxygens (including phenoxy) is 1. The van der Waals surface area contributed by atoms with E-state index in [0.717, 1.165) is 37.2 Å². The Bertz CT molecular complexity index is 412. The Morgan fingerprint density at radius 2 is 1.94 bits per heavy atom. The first-order valence-corrected chi connectivity index (χ1v) is 6.14. The van der Waals surface area contributed by atoms with E-state index in [-0.39, 0.29) is 5.82 Å². The molecule has 0 saturated carbocycles. The molecule has 2 N–H and O–H groups in total. The van der Waals surface area contributed by atoms with Crippen molar-refractivity contribution in [3.05, 3.63) is 29.6 Å². The maximum Gasteiger partial charge on any atom is 0.125 e. The van der Waals surface area contributed by atoms with Crippen molar-refractivity contribution >= 4 is 5.69 Å². The summed E-state index contributed by atoms with van der Waals surface area (Å²) in [4.78, 5) is 2.22. The van der Waals surface area contributed by atoms with Crippen molar-refractivity contribution in [2.75, 3.05) is 18.0 Å². The molecule has 17 heavy (non-hydrogen) atoms. The molecule has 2 fully saturated rings. The van der Waals surface area contributed by atoms with Crippen LogP contribution in [0.15, 0.2) is 18.2 Å². The highest BCUT2D eigenvalue weighted by Gasteiger charge is 2.33. The van der Waals surface area contributed by atoms with Crippen LogP contribution in [-0.4, -0.2) is 25.3 Å². The third-order valence-corrected chi connectivity index (χ3v) is 3.59. The molecule has 0 amide bonds. The summed E-state index contributed by atoms with van der Waals surface area (Å²) in [6.07, 6.45) is 2.89. The van der Waals surface area contributed by atoms with Crippen molar-refractivity contribution in [1.82, 2.24) is 0 Å². The van der Waals surface area contributed by atoms with E-state index in [2.05, 4.69) is 4.90 Å². The number of hydrogen-bond acceptors (Lipinski definition) is 3. The molecule has 2 bridgehead atoms. The van der Waals surface area contributed by atoms with Gasteiger partial charge in [-0.25, -0.2) is 4.39 Å². The topological polar surface area (TPSA) is 38.5 Å². The van der Waals surface area contributed by atoms with Crippen LogP contribution in [0.5, 0.6) is 0 Å². The quantitative estimate of drug-likeness (QED) is 0.848. The summed E-state index contributed by atoms with van der Waals surface area (Å²) in [6.45, 7) is 2.11. The number of halogens is 1. The van der Waals surface area contributed by atoms with Gasteiger partial charge in [-0.2, -0.15) is 0 Å². The Morgan fingerprint density at radius 1 is 1.24 bits per heavy atom. The highest BCUT2D eigenvalue weighted by Crippen LogP contribution is 2.30. The van der Waals surface area contributed by atoms with Gasteiger partial charge in [-0.3, -0.25) is 0 Å². The highest BCUT2D eigenvalue weighted by molar-refractivity contribution is 5.50. The average Bonchev–Trinajstić information content (AvgIpc) is 2.67. The Morgan fingerprint density at radius 3 is 2.59 bits per heavy atom. The predicted octanol–water partition coefficient (Wildman–Crippen LogP) is 1.65. The van der Waals surface area contributed by atoms with Gasteiger partial charge in [-0.15, -0.1) is 0 Å². The molecule has 0 aromatic heterocycles. The van der Waals surface area contributed by atoms with Crippen molar-refractivity contribution in [3.63, 3.8) is 0 Å². The number of hydrogen-bond donors (Lipinski definition) is 1. The van der Waals surface area contributed by atoms with Crippen LogP contribution in [0.4, 0.5) is 10.1 Å². The van der Waals surface area contributed by atoms with Crippen molar-refractivity contribution in [1.29, 1.82) is 0 Å². The highest BCUT2D eigenvalue weighted by atomic mass is 19.1. The zero-order valence-corrected chi connectivity index (χ0v) is 9.73. The molecule has 3 nitrogen and oxygen atoms in total. The molecule has 0 aliphatic carbocycles. The molecule has 2 atom stereocenters. The van der Waals surface area contributed by atoms with Gasteiger partial charge in [-0.1, -0.05) is 0 Å². The molecular formula is C13H17FN2O. The van der Waals surface area contributed by atoms with E-state index in [0.29, 0.717) is 18.8 Å². The third kappa shape index (κ3) is 2.15. The van der Waals surface area contributed by atoms with Crippen molar-refractivity contribution in [2.45, 2.75) is 31.6 Å². The van der Waals surface area contributed by atoms with E-state index in [1.165, 1.54) is 6.07 Å². The van der Waals surface area contributed by atoms with Crippen molar-refractivity contribution in [2.24, 2.45) is 5.73 Å². The van der Waals surface area contributed by atoms with Gasteiger partial charge < -0.3 is 15.4 Å². The summed E-state index contributed by atoms with van der Waals surface area (Å²) in [5, 5.41) is 0. The lowest BCUT2D eigenvalue weighted by Crippen LogP contribution is -2.42. The molecule has 4 heteroatoms. The monoisotopic (exact) mass is 236 g/mol. The lowest BCUT2D eigenvalue weighted by atomic mass is 10.1. The second kappa shape index (κ2) is 4.27. The predicted molar refractivity (Wildman–Crippen MR) is 64.4 cm³/mol. The van der Waals surface area contributed by atoms with Gasteiger partial charge in [0.15, 0.2) is 0 Å². The summed E-state index contributed by atoms with van der Waals surface area (Å²) < 4.78 is 19.2. The van der Waals surface area contributed by atoms with Gasteiger partial charge in [-0.05, 0) is 36.6 Å². The van der Waals surface area contributed by atoms with Gasteiger partial charge in [0.05, 0.1) is 12.2 Å². The lowest BCUT2D eigenvalue weighted by molar-refractivity contribution is 0.0305. The van der Waals surface area contributed by atoms with E-state index < -0.39 is 0 Å². The summed E-state index contributed by atoms with van der Waals surface area (Å²) in [5.41, 5.74) is 7.36. The second-order valence-electron chi connectivity index (χ2n) is 4.88. The second-order valence-corrected chi connectivity index (χ2v) is 4.88. The Labute approximate surface area is 100 Å². The smallest absolute Gasteiger partial charge is 0.125 e. The minimum atomic E-state index is -0.207. The van der Waals surface area contributed by atoms with Gasteiger partial charge in [0.25, 0.3) is 0 Å². The summed E-state index contributed by atoms with van der Waals surface area (Å²) in [7, 11) is 0.